The molecule has 1 aromatic heterocycles. The Morgan fingerprint density at radius 3 is 2.65 bits per heavy atom. The molecule has 23 heavy (non-hydrogen) atoms. The monoisotopic (exact) mass is 343 g/mol. The van der Waals surface area contributed by atoms with Gasteiger partial charge in [-0.3, -0.25) is 4.79 Å². The zero-order chi connectivity index (χ0) is 16.4. The SMILES string of the molecule is Cc1c(Cl)cccc1-c1ccc(C(=O)Nc2ccccc2S)o1. The van der Waals surface area contributed by atoms with Crippen LogP contribution in [0.3, 0.4) is 0 Å². The highest BCUT2D eigenvalue weighted by Crippen LogP contribution is 2.30. The molecule has 0 bridgehead atoms. The molecule has 0 radical (unpaired) electrons. The van der Waals surface area contributed by atoms with Gasteiger partial charge in [-0.1, -0.05) is 35.9 Å². The van der Waals surface area contributed by atoms with Crippen LogP contribution in [-0.4, -0.2) is 5.91 Å². The van der Waals surface area contributed by atoms with Gasteiger partial charge in [0.25, 0.3) is 5.91 Å². The molecule has 0 saturated heterocycles. The summed E-state index contributed by atoms with van der Waals surface area (Å²) < 4.78 is 5.68. The van der Waals surface area contributed by atoms with Crippen LogP contribution in [0, 0.1) is 6.92 Å². The Kier molecular flexibility index (Phi) is 4.46. The number of carbonyl (C=O) groups is 1. The van der Waals surface area contributed by atoms with E-state index in [0.29, 0.717) is 21.4 Å². The summed E-state index contributed by atoms with van der Waals surface area (Å²) in [4.78, 5) is 13.0. The molecule has 0 spiro atoms. The van der Waals surface area contributed by atoms with E-state index in [2.05, 4.69) is 17.9 Å². The van der Waals surface area contributed by atoms with E-state index < -0.39 is 0 Å². The van der Waals surface area contributed by atoms with Gasteiger partial charge in [-0.05, 0) is 42.8 Å². The highest BCUT2D eigenvalue weighted by atomic mass is 35.5. The van der Waals surface area contributed by atoms with Gasteiger partial charge in [0, 0.05) is 15.5 Å². The fraction of sp³-hybridized carbons (Fsp3) is 0.0556. The Balaban J connectivity index is 1.86. The van der Waals surface area contributed by atoms with E-state index in [9.17, 15) is 4.79 Å². The number of thiol groups is 1. The van der Waals surface area contributed by atoms with Gasteiger partial charge in [0.2, 0.25) is 0 Å². The first kappa shape index (κ1) is 15.7. The first-order valence-electron chi connectivity index (χ1n) is 7.01. The minimum Gasteiger partial charge on any atom is -0.451 e. The van der Waals surface area contributed by atoms with Crippen LogP contribution in [0.15, 0.2) is 63.9 Å². The summed E-state index contributed by atoms with van der Waals surface area (Å²) in [6, 6.07) is 16.3. The molecule has 3 aromatic rings. The van der Waals surface area contributed by atoms with Crippen molar-refractivity contribution in [2.24, 2.45) is 0 Å². The van der Waals surface area contributed by atoms with E-state index in [-0.39, 0.29) is 11.7 Å². The zero-order valence-electron chi connectivity index (χ0n) is 12.3. The standard InChI is InChI=1S/C18H14ClNO2S/c1-11-12(5-4-6-13(11)19)15-9-10-16(22-15)18(21)20-14-7-2-3-8-17(14)23/h2-10,23H,1H3,(H,20,21). The van der Waals surface area contributed by atoms with E-state index >= 15 is 0 Å². The fourth-order valence-electron chi connectivity index (χ4n) is 2.24. The lowest BCUT2D eigenvalue weighted by molar-refractivity contribution is 0.0997. The van der Waals surface area contributed by atoms with Crippen molar-refractivity contribution in [3.8, 4) is 11.3 Å². The topological polar surface area (TPSA) is 42.2 Å². The maximum absolute atomic E-state index is 12.3. The number of rotatable bonds is 3. The molecule has 0 aliphatic carbocycles. The fourth-order valence-corrected chi connectivity index (χ4v) is 2.63. The molecule has 0 atom stereocenters. The van der Waals surface area contributed by atoms with Crippen molar-refractivity contribution >= 4 is 35.8 Å². The van der Waals surface area contributed by atoms with Crippen molar-refractivity contribution in [3.05, 3.63) is 70.9 Å². The molecule has 0 unspecified atom stereocenters. The first-order valence-corrected chi connectivity index (χ1v) is 7.83. The summed E-state index contributed by atoms with van der Waals surface area (Å²) >= 11 is 10.4. The van der Waals surface area contributed by atoms with Crippen LogP contribution in [0.1, 0.15) is 16.1 Å². The smallest absolute Gasteiger partial charge is 0.291 e. The number of anilines is 1. The molecule has 1 heterocycles. The number of hydrogen-bond acceptors (Lipinski definition) is 3. The number of halogens is 1. The predicted molar refractivity (Wildman–Crippen MR) is 95.5 cm³/mol. The number of nitrogens with one attached hydrogen (secondary N) is 1. The Labute approximate surface area is 144 Å². The second-order valence-corrected chi connectivity index (χ2v) is 5.94. The van der Waals surface area contributed by atoms with Crippen molar-refractivity contribution in [1.29, 1.82) is 0 Å². The number of furan rings is 1. The second-order valence-electron chi connectivity index (χ2n) is 5.05. The summed E-state index contributed by atoms with van der Waals surface area (Å²) in [6.07, 6.45) is 0. The summed E-state index contributed by atoms with van der Waals surface area (Å²) in [5, 5.41) is 3.44. The molecule has 0 saturated carbocycles. The van der Waals surface area contributed by atoms with Crippen LogP contribution in [-0.2, 0) is 0 Å². The average Bonchev–Trinajstić information content (AvgIpc) is 3.02. The Morgan fingerprint density at radius 2 is 1.87 bits per heavy atom. The predicted octanol–water partition coefficient (Wildman–Crippen LogP) is 5.45. The van der Waals surface area contributed by atoms with Crippen LogP contribution >= 0.6 is 24.2 Å². The third-order valence-corrected chi connectivity index (χ3v) is 4.31. The maximum atomic E-state index is 12.3. The minimum atomic E-state index is -0.322. The number of benzene rings is 2. The normalized spacial score (nSPS) is 10.6. The summed E-state index contributed by atoms with van der Waals surface area (Å²) in [5.41, 5.74) is 2.42. The Bertz CT molecular complexity index is 873. The van der Waals surface area contributed by atoms with E-state index in [4.69, 9.17) is 16.0 Å². The Hall–Kier alpha value is -2.17. The Morgan fingerprint density at radius 1 is 1.09 bits per heavy atom. The molecular formula is C18H14ClNO2S. The van der Waals surface area contributed by atoms with Crippen LogP contribution in [0.5, 0.6) is 0 Å². The number of carbonyl (C=O) groups excluding carboxylic acids is 1. The highest BCUT2D eigenvalue weighted by molar-refractivity contribution is 7.80. The van der Waals surface area contributed by atoms with Crippen LogP contribution < -0.4 is 5.32 Å². The molecule has 0 aliphatic rings. The molecule has 2 aromatic carbocycles. The van der Waals surface area contributed by atoms with Gasteiger partial charge in [-0.15, -0.1) is 12.6 Å². The molecule has 5 heteroatoms. The molecule has 0 aliphatic heterocycles. The van der Waals surface area contributed by atoms with Crippen molar-refractivity contribution in [3.63, 3.8) is 0 Å². The number of amides is 1. The lowest BCUT2D eigenvalue weighted by Gasteiger charge is -2.06. The van der Waals surface area contributed by atoms with Gasteiger partial charge in [0.1, 0.15) is 5.76 Å². The lowest BCUT2D eigenvalue weighted by atomic mass is 10.1. The van der Waals surface area contributed by atoms with Crippen molar-refractivity contribution in [1.82, 2.24) is 0 Å². The van der Waals surface area contributed by atoms with Gasteiger partial charge in [-0.25, -0.2) is 0 Å². The van der Waals surface area contributed by atoms with Gasteiger partial charge < -0.3 is 9.73 Å². The highest BCUT2D eigenvalue weighted by Gasteiger charge is 2.15. The minimum absolute atomic E-state index is 0.232. The lowest BCUT2D eigenvalue weighted by Crippen LogP contribution is -2.11. The number of para-hydroxylation sites is 1. The third-order valence-electron chi connectivity index (χ3n) is 3.52. The van der Waals surface area contributed by atoms with Crippen LogP contribution in [0.2, 0.25) is 5.02 Å². The van der Waals surface area contributed by atoms with Gasteiger partial charge >= 0.3 is 0 Å². The molecule has 0 fully saturated rings. The van der Waals surface area contributed by atoms with Crippen LogP contribution in [0.4, 0.5) is 5.69 Å². The largest absolute Gasteiger partial charge is 0.451 e. The van der Waals surface area contributed by atoms with Crippen molar-refractivity contribution in [2.75, 3.05) is 5.32 Å². The molecule has 1 amide bonds. The summed E-state index contributed by atoms with van der Waals surface area (Å²) in [6.45, 7) is 1.91. The first-order chi connectivity index (χ1) is 11.1. The molecule has 3 nitrogen and oxygen atoms in total. The molecule has 3 rings (SSSR count). The third kappa shape index (κ3) is 3.28. The van der Waals surface area contributed by atoms with Gasteiger partial charge in [0.05, 0.1) is 5.69 Å². The van der Waals surface area contributed by atoms with Gasteiger partial charge in [0.15, 0.2) is 5.76 Å². The van der Waals surface area contributed by atoms with E-state index in [1.54, 1.807) is 18.2 Å². The quantitative estimate of drug-likeness (QED) is 0.621. The van der Waals surface area contributed by atoms with Gasteiger partial charge in [-0.2, -0.15) is 0 Å². The summed E-state index contributed by atoms with van der Waals surface area (Å²) in [7, 11) is 0. The van der Waals surface area contributed by atoms with Crippen molar-refractivity contribution < 1.29 is 9.21 Å². The maximum Gasteiger partial charge on any atom is 0.291 e. The zero-order valence-corrected chi connectivity index (χ0v) is 14.0. The molecule has 1 N–H and O–H groups in total. The van der Waals surface area contributed by atoms with E-state index in [1.807, 2.05) is 43.3 Å². The van der Waals surface area contributed by atoms with E-state index in [0.717, 1.165) is 11.1 Å². The average molecular weight is 344 g/mol. The summed E-state index contributed by atoms with van der Waals surface area (Å²) in [5.74, 6) is 0.516. The van der Waals surface area contributed by atoms with Crippen LogP contribution in [0.25, 0.3) is 11.3 Å². The molecular weight excluding hydrogens is 330 g/mol. The number of hydrogen-bond donors (Lipinski definition) is 2. The van der Waals surface area contributed by atoms with E-state index in [1.165, 1.54) is 0 Å². The second kappa shape index (κ2) is 6.52. The van der Waals surface area contributed by atoms with Crippen molar-refractivity contribution in [2.45, 2.75) is 11.8 Å². The molecule has 116 valence electrons.